The Morgan fingerprint density at radius 2 is 2.08 bits per heavy atom. The minimum atomic E-state index is -2.59. The molecule has 0 bridgehead atoms. The van der Waals surface area contributed by atoms with E-state index in [2.05, 4.69) is 10.2 Å². The van der Waals surface area contributed by atoms with Crippen LogP contribution in [0.4, 0.5) is 8.78 Å². The van der Waals surface area contributed by atoms with Crippen LogP contribution < -0.4 is 0 Å². The van der Waals surface area contributed by atoms with Crippen molar-refractivity contribution in [2.45, 2.75) is 31.1 Å². The Bertz CT molecular complexity index is 1000. The number of aromatic nitrogens is 3. The van der Waals surface area contributed by atoms with Gasteiger partial charge in [-0.15, -0.1) is 10.2 Å². The molecule has 0 aliphatic heterocycles. The number of hydrogen-bond donors (Lipinski definition) is 0. The fourth-order valence-electron chi connectivity index (χ4n) is 3.71. The second-order valence-corrected chi connectivity index (χ2v) is 7.25. The van der Waals surface area contributed by atoms with Gasteiger partial charge >= 0.3 is 5.97 Å². The number of carbonyl (C=O) groups is 2. The van der Waals surface area contributed by atoms with Gasteiger partial charge in [-0.2, -0.15) is 0 Å². The molecule has 6 nitrogen and oxygen atoms in total. The molecule has 2 aromatic rings. The first-order chi connectivity index (χ1) is 12.4. The number of nitrogens with zero attached hydrogens (tertiary/aromatic N) is 3. The van der Waals surface area contributed by atoms with Crippen molar-refractivity contribution < 1.29 is 23.1 Å². The Kier molecular flexibility index (Phi) is 3.11. The van der Waals surface area contributed by atoms with Gasteiger partial charge in [0.25, 0.3) is 5.92 Å². The largest absolute Gasteiger partial charge is 0.427 e. The van der Waals surface area contributed by atoms with Gasteiger partial charge in [0.05, 0.1) is 5.56 Å². The molecule has 5 rings (SSSR count). The van der Waals surface area contributed by atoms with E-state index >= 15 is 0 Å². The number of rotatable bonds is 3. The number of allylic oxidation sites excluding steroid dienone is 2. The number of esters is 1. The normalized spacial score (nSPS) is 28.5. The number of ether oxygens (including phenoxy) is 1. The van der Waals surface area contributed by atoms with Gasteiger partial charge in [-0.1, -0.05) is 11.6 Å². The molecule has 2 saturated carbocycles. The first kappa shape index (κ1) is 15.9. The predicted molar refractivity (Wildman–Crippen MR) is 85.0 cm³/mol. The number of halogens is 3. The summed E-state index contributed by atoms with van der Waals surface area (Å²) in [6.07, 6.45) is 4.43. The molecule has 2 aromatic heterocycles. The summed E-state index contributed by atoms with van der Waals surface area (Å²) >= 11 is 6.27. The number of carbonyl (C=O) groups excluding carboxylic acids is 2. The molecule has 9 heteroatoms. The SMILES string of the molecule is O=C1C=C(OC(=O)c2ccn3c(C4C5C4C5(F)F)nnc3c2Cl)CCC1. The fourth-order valence-corrected chi connectivity index (χ4v) is 3.98. The van der Waals surface area contributed by atoms with Crippen molar-refractivity contribution in [3.8, 4) is 0 Å². The topological polar surface area (TPSA) is 73.6 Å². The lowest BCUT2D eigenvalue weighted by Gasteiger charge is -2.13. The minimum Gasteiger partial charge on any atom is -0.427 e. The Morgan fingerprint density at radius 1 is 1.31 bits per heavy atom. The average Bonchev–Trinajstić information content (AvgIpc) is 3.41. The zero-order chi connectivity index (χ0) is 18.2. The summed E-state index contributed by atoms with van der Waals surface area (Å²) in [5.74, 6) is -4.25. The summed E-state index contributed by atoms with van der Waals surface area (Å²) in [5, 5.41) is 7.96. The van der Waals surface area contributed by atoms with Crippen LogP contribution in [0.25, 0.3) is 5.65 Å². The van der Waals surface area contributed by atoms with Crippen molar-refractivity contribution in [1.29, 1.82) is 0 Å². The van der Waals surface area contributed by atoms with Gasteiger partial charge in [-0.3, -0.25) is 9.20 Å². The number of hydrogen-bond acceptors (Lipinski definition) is 5. The van der Waals surface area contributed by atoms with Crippen LogP contribution in [0.2, 0.25) is 5.02 Å². The molecule has 2 atom stereocenters. The smallest absolute Gasteiger partial charge is 0.344 e. The summed E-state index contributed by atoms with van der Waals surface area (Å²) in [4.78, 5) is 23.8. The zero-order valence-corrected chi connectivity index (χ0v) is 14.0. The van der Waals surface area contributed by atoms with Crippen molar-refractivity contribution in [1.82, 2.24) is 14.6 Å². The maximum absolute atomic E-state index is 13.1. The zero-order valence-electron chi connectivity index (χ0n) is 13.3. The molecule has 134 valence electrons. The van der Waals surface area contributed by atoms with Crippen LogP contribution in [0.1, 0.15) is 41.4 Å². The molecule has 0 aromatic carbocycles. The molecule has 0 amide bonds. The summed E-state index contributed by atoms with van der Waals surface area (Å²) in [5.41, 5.74) is 0.308. The minimum absolute atomic E-state index is 0.0417. The molecule has 0 radical (unpaired) electrons. The third kappa shape index (κ3) is 2.14. The van der Waals surface area contributed by atoms with E-state index < -0.39 is 23.7 Å². The summed E-state index contributed by atoms with van der Waals surface area (Å²) < 4.78 is 33.1. The van der Waals surface area contributed by atoms with E-state index in [1.165, 1.54) is 22.7 Å². The van der Waals surface area contributed by atoms with Crippen molar-refractivity contribution in [3.63, 3.8) is 0 Å². The van der Waals surface area contributed by atoms with Crippen LogP contribution in [0, 0.1) is 11.8 Å². The van der Waals surface area contributed by atoms with Crippen molar-refractivity contribution in [2.75, 3.05) is 0 Å². The molecule has 2 unspecified atom stereocenters. The highest BCUT2D eigenvalue weighted by atomic mass is 35.5. The highest BCUT2D eigenvalue weighted by Gasteiger charge is 2.89. The van der Waals surface area contributed by atoms with E-state index in [1.807, 2.05) is 0 Å². The highest BCUT2D eigenvalue weighted by Crippen LogP contribution is 2.82. The molecule has 2 heterocycles. The van der Waals surface area contributed by atoms with Crippen LogP contribution in [0.5, 0.6) is 0 Å². The first-order valence-corrected chi connectivity index (χ1v) is 8.64. The van der Waals surface area contributed by atoms with Crippen LogP contribution in [0.3, 0.4) is 0 Å². The van der Waals surface area contributed by atoms with E-state index in [9.17, 15) is 18.4 Å². The molecule has 3 aliphatic carbocycles. The quantitative estimate of drug-likeness (QED) is 0.766. The number of alkyl halides is 2. The predicted octanol–water partition coefficient (Wildman–Crippen LogP) is 3.15. The third-order valence-electron chi connectivity index (χ3n) is 5.25. The molecule has 26 heavy (non-hydrogen) atoms. The maximum Gasteiger partial charge on any atom is 0.344 e. The van der Waals surface area contributed by atoms with Crippen LogP contribution in [-0.2, 0) is 9.53 Å². The first-order valence-electron chi connectivity index (χ1n) is 8.26. The molecular weight excluding hydrogens is 368 g/mol. The van der Waals surface area contributed by atoms with Gasteiger partial charge in [-0.05, 0) is 12.5 Å². The van der Waals surface area contributed by atoms with Gasteiger partial charge in [-0.25, -0.2) is 13.6 Å². The molecule has 0 saturated heterocycles. The molecular formula is C17H12ClF2N3O3. The van der Waals surface area contributed by atoms with Crippen molar-refractivity contribution >= 4 is 29.0 Å². The second kappa shape index (κ2) is 5.09. The van der Waals surface area contributed by atoms with Gasteiger partial charge in [0, 0.05) is 42.9 Å². The van der Waals surface area contributed by atoms with E-state index in [1.54, 1.807) is 0 Å². The molecule has 2 fully saturated rings. The average molecular weight is 380 g/mol. The maximum atomic E-state index is 13.1. The molecule has 3 aliphatic rings. The monoisotopic (exact) mass is 379 g/mol. The number of fused-ring (bicyclic) bond motifs is 2. The highest BCUT2D eigenvalue weighted by molar-refractivity contribution is 6.36. The van der Waals surface area contributed by atoms with Crippen molar-refractivity contribution in [2.24, 2.45) is 11.8 Å². The fraction of sp³-hybridized carbons (Fsp3) is 0.412. The molecule has 0 N–H and O–H groups in total. The van der Waals surface area contributed by atoms with Gasteiger partial charge in [0.15, 0.2) is 11.4 Å². The number of ketones is 1. The lowest BCUT2D eigenvalue weighted by atomic mass is 10.1. The Labute approximate surface area is 150 Å². The van der Waals surface area contributed by atoms with Crippen LogP contribution >= 0.6 is 11.6 Å². The van der Waals surface area contributed by atoms with E-state index in [0.29, 0.717) is 30.8 Å². The summed E-state index contributed by atoms with van der Waals surface area (Å²) in [6.45, 7) is 0. The lowest BCUT2D eigenvalue weighted by Crippen LogP contribution is -2.13. The van der Waals surface area contributed by atoms with E-state index in [0.717, 1.165) is 0 Å². The van der Waals surface area contributed by atoms with E-state index in [-0.39, 0.29) is 27.9 Å². The number of pyridine rings is 1. The Hall–Kier alpha value is -2.35. The van der Waals surface area contributed by atoms with Gasteiger partial charge in [0.1, 0.15) is 16.6 Å². The third-order valence-corrected chi connectivity index (χ3v) is 5.63. The van der Waals surface area contributed by atoms with Crippen LogP contribution in [-0.4, -0.2) is 32.3 Å². The van der Waals surface area contributed by atoms with Gasteiger partial charge < -0.3 is 4.74 Å². The van der Waals surface area contributed by atoms with Crippen LogP contribution in [0.15, 0.2) is 24.1 Å². The standard InChI is InChI=1S/C17H12ClF2N3O3/c18-13-9(16(25)26-8-3-1-2-7(24)6-8)4-5-23-14(21-22-15(13)23)10-11-12(10)17(11,19)20/h4-6,10-12H,1-3H2. The summed E-state index contributed by atoms with van der Waals surface area (Å²) in [6, 6.07) is 1.45. The van der Waals surface area contributed by atoms with Crippen molar-refractivity contribution in [3.05, 3.63) is 40.5 Å². The van der Waals surface area contributed by atoms with Gasteiger partial charge in [0.2, 0.25) is 0 Å². The second-order valence-electron chi connectivity index (χ2n) is 6.87. The Morgan fingerprint density at radius 3 is 2.77 bits per heavy atom. The van der Waals surface area contributed by atoms with E-state index in [4.69, 9.17) is 16.3 Å². The molecule has 0 spiro atoms. The summed E-state index contributed by atoms with van der Waals surface area (Å²) in [7, 11) is 0. The lowest BCUT2D eigenvalue weighted by molar-refractivity contribution is -0.115. The Balaban J connectivity index is 1.42.